The number of nitrogen functional groups attached to an aromatic ring is 1. The van der Waals surface area contributed by atoms with Gasteiger partial charge in [0.2, 0.25) is 5.95 Å². The molecule has 0 amide bonds. The fourth-order valence-corrected chi connectivity index (χ4v) is 3.00. The third-order valence-electron chi connectivity index (χ3n) is 4.16. The van der Waals surface area contributed by atoms with Crippen LogP contribution in [0.3, 0.4) is 0 Å². The molecular weight excluding hydrogens is 385 g/mol. The van der Waals surface area contributed by atoms with Crippen LogP contribution in [0, 0.1) is 11.3 Å². The SMILES string of the molecule is CCCc1cc(N2CC[C@H](N)C2)nc(Nc2cc(N)cc(C#N)c2)n1.Cl.Cl. The fourth-order valence-electron chi connectivity index (χ4n) is 3.00. The number of hydrogen-bond acceptors (Lipinski definition) is 7. The van der Waals surface area contributed by atoms with Crippen molar-refractivity contribution in [3.05, 3.63) is 35.5 Å². The predicted molar refractivity (Wildman–Crippen MR) is 114 cm³/mol. The van der Waals surface area contributed by atoms with Gasteiger partial charge in [-0.3, -0.25) is 0 Å². The van der Waals surface area contributed by atoms with Crippen LogP contribution in [0.1, 0.15) is 31.0 Å². The first-order chi connectivity index (χ1) is 12.1. The number of nitrogens with zero attached hydrogens (tertiary/aromatic N) is 4. The molecule has 0 spiro atoms. The van der Waals surface area contributed by atoms with Gasteiger partial charge in [0.25, 0.3) is 0 Å². The van der Waals surface area contributed by atoms with Crippen molar-refractivity contribution in [2.75, 3.05) is 29.0 Å². The fraction of sp³-hybridized carbons (Fsp3) is 0.389. The van der Waals surface area contributed by atoms with E-state index in [1.54, 1.807) is 18.2 Å². The van der Waals surface area contributed by atoms with Crippen molar-refractivity contribution in [1.29, 1.82) is 5.26 Å². The molecule has 1 saturated heterocycles. The Hall–Kier alpha value is -2.27. The number of aryl methyl sites for hydroxylation is 1. The summed E-state index contributed by atoms with van der Waals surface area (Å²) in [5.74, 6) is 1.40. The zero-order valence-corrected chi connectivity index (χ0v) is 16.8. The Morgan fingerprint density at radius 3 is 2.67 bits per heavy atom. The van der Waals surface area contributed by atoms with Crippen LogP contribution in [0.25, 0.3) is 0 Å². The minimum atomic E-state index is 0. The van der Waals surface area contributed by atoms with Crippen molar-refractivity contribution < 1.29 is 0 Å². The maximum absolute atomic E-state index is 9.10. The van der Waals surface area contributed by atoms with Crippen molar-refractivity contribution in [1.82, 2.24) is 9.97 Å². The molecule has 1 aliphatic rings. The van der Waals surface area contributed by atoms with Gasteiger partial charge in [-0.05, 0) is 31.0 Å². The van der Waals surface area contributed by atoms with E-state index in [1.807, 2.05) is 6.07 Å². The van der Waals surface area contributed by atoms with Gasteiger partial charge >= 0.3 is 0 Å². The van der Waals surface area contributed by atoms with Gasteiger partial charge in [-0.15, -0.1) is 24.8 Å². The molecule has 0 bridgehead atoms. The summed E-state index contributed by atoms with van der Waals surface area (Å²) in [5.41, 5.74) is 14.6. The molecule has 7 nitrogen and oxygen atoms in total. The minimum absolute atomic E-state index is 0. The van der Waals surface area contributed by atoms with Crippen LogP contribution in [-0.2, 0) is 6.42 Å². The van der Waals surface area contributed by atoms with Gasteiger partial charge < -0.3 is 21.7 Å². The lowest BCUT2D eigenvalue weighted by molar-refractivity contribution is 0.751. The summed E-state index contributed by atoms with van der Waals surface area (Å²) >= 11 is 0. The lowest BCUT2D eigenvalue weighted by atomic mass is 10.2. The normalized spacial score (nSPS) is 15.4. The van der Waals surface area contributed by atoms with Gasteiger partial charge in [-0.2, -0.15) is 10.2 Å². The van der Waals surface area contributed by atoms with Crippen LogP contribution < -0.4 is 21.7 Å². The lowest BCUT2D eigenvalue weighted by Crippen LogP contribution is -2.27. The second-order valence-electron chi connectivity index (χ2n) is 6.37. The topological polar surface area (TPSA) is 117 Å². The standard InChI is InChI=1S/C18H23N7.2ClH/c1-2-3-15-9-17(25-5-4-13(20)11-25)24-18(22-15)23-16-7-12(10-19)6-14(21)8-16;;/h6-9,13H,2-5,11,20-21H2,1H3,(H,22,23,24);2*1H/t13-;;/m0../s1. The Balaban J connectivity index is 0.00000182. The number of aromatic nitrogens is 2. The summed E-state index contributed by atoms with van der Waals surface area (Å²) in [6, 6.07) is 9.46. The van der Waals surface area contributed by atoms with E-state index in [1.165, 1.54) is 0 Å². The number of rotatable bonds is 5. The second-order valence-corrected chi connectivity index (χ2v) is 6.37. The number of nitrogens with one attached hydrogen (secondary N) is 1. The first kappa shape index (κ1) is 22.8. The summed E-state index contributed by atoms with van der Waals surface area (Å²) in [7, 11) is 0. The molecule has 2 heterocycles. The van der Waals surface area contributed by atoms with Gasteiger partial charge in [0.05, 0.1) is 11.6 Å². The number of hydrogen-bond donors (Lipinski definition) is 3. The van der Waals surface area contributed by atoms with Crippen LogP contribution in [0.15, 0.2) is 24.3 Å². The first-order valence-electron chi connectivity index (χ1n) is 8.53. The number of benzene rings is 1. The highest BCUT2D eigenvalue weighted by Crippen LogP contribution is 2.24. The van der Waals surface area contributed by atoms with Crippen molar-refractivity contribution in [3.63, 3.8) is 0 Å². The smallest absolute Gasteiger partial charge is 0.229 e. The molecule has 9 heteroatoms. The molecule has 27 heavy (non-hydrogen) atoms. The zero-order chi connectivity index (χ0) is 17.8. The van der Waals surface area contributed by atoms with Gasteiger partial charge in [-0.1, -0.05) is 13.3 Å². The molecule has 1 aromatic carbocycles. The molecular formula is C18H25Cl2N7. The second kappa shape index (κ2) is 10.2. The van der Waals surface area contributed by atoms with E-state index in [0.717, 1.165) is 43.9 Å². The molecule has 0 saturated carbocycles. The first-order valence-corrected chi connectivity index (χ1v) is 8.53. The maximum atomic E-state index is 9.10. The van der Waals surface area contributed by atoms with Gasteiger partial charge in [0, 0.05) is 42.3 Å². The van der Waals surface area contributed by atoms with E-state index in [2.05, 4.69) is 33.2 Å². The van der Waals surface area contributed by atoms with E-state index in [4.69, 9.17) is 16.7 Å². The molecule has 1 aliphatic heterocycles. The molecule has 0 unspecified atom stereocenters. The van der Waals surface area contributed by atoms with E-state index < -0.39 is 0 Å². The Kier molecular flexibility index (Phi) is 8.57. The zero-order valence-electron chi connectivity index (χ0n) is 15.2. The molecule has 0 radical (unpaired) electrons. The van der Waals surface area contributed by atoms with Crippen molar-refractivity contribution in [2.24, 2.45) is 5.73 Å². The quantitative estimate of drug-likeness (QED) is 0.649. The third-order valence-corrected chi connectivity index (χ3v) is 4.16. The summed E-state index contributed by atoms with van der Waals surface area (Å²) in [6.45, 7) is 3.83. The molecule has 0 aliphatic carbocycles. The highest BCUT2D eigenvalue weighted by molar-refractivity contribution is 5.85. The lowest BCUT2D eigenvalue weighted by Gasteiger charge is -2.19. The Morgan fingerprint density at radius 1 is 1.26 bits per heavy atom. The summed E-state index contributed by atoms with van der Waals surface area (Å²) < 4.78 is 0. The maximum Gasteiger partial charge on any atom is 0.229 e. The molecule has 146 valence electrons. The number of nitriles is 1. The third kappa shape index (κ3) is 5.86. The number of nitrogens with two attached hydrogens (primary N) is 2. The van der Waals surface area contributed by atoms with Crippen molar-refractivity contribution >= 4 is 48.0 Å². The van der Waals surface area contributed by atoms with Gasteiger partial charge in [0.1, 0.15) is 5.82 Å². The number of halogens is 2. The Labute approximate surface area is 172 Å². The van der Waals surface area contributed by atoms with Gasteiger partial charge in [-0.25, -0.2) is 4.98 Å². The number of anilines is 4. The van der Waals surface area contributed by atoms with E-state index in [0.29, 0.717) is 22.9 Å². The molecule has 1 fully saturated rings. The van der Waals surface area contributed by atoms with Crippen LogP contribution >= 0.6 is 24.8 Å². The highest BCUT2D eigenvalue weighted by atomic mass is 35.5. The molecule has 2 aromatic rings. The average molecular weight is 410 g/mol. The monoisotopic (exact) mass is 409 g/mol. The van der Waals surface area contributed by atoms with Crippen molar-refractivity contribution in [2.45, 2.75) is 32.2 Å². The largest absolute Gasteiger partial charge is 0.399 e. The van der Waals surface area contributed by atoms with Crippen molar-refractivity contribution in [3.8, 4) is 6.07 Å². The highest BCUT2D eigenvalue weighted by Gasteiger charge is 2.21. The Bertz CT molecular complexity index is 807. The van der Waals surface area contributed by atoms with Crippen LogP contribution in [0.2, 0.25) is 0 Å². The molecule has 5 N–H and O–H groups in total. The predicted octanol–water partition coefficient (Wildman–Crippen LogP) is 3.01. The minimum Gasteiger partial charge on any atom is -0.399 e. The molecule has 1 aromatic heterocycles. The van der Waals surface area contributed by atoms with Crippen LogP contribution in [0.5, 0.6) is 0 Å². The van der Waals surface area contributed by atoms with E-state index >= 15 is 0 Å². The van der Waals surface area contributed by atoms with Crippen LogP contribution in [-0.4, -0.2) is 29.1 Å². The summed E-state index contributed by atoms with van der Waals surface area (Å²) in [4.78, 5) is 11.4. The van der Waals surface area contributed by atoms with Gasteiger partial charge in [0.15, 0.2) is 0 Å². The van der Waals surface area contributed by atoms with E-state index in [9.17, 15) is 0 Å². The molecule has 1 atom stereocenters. The summed E-state index contributed by atoms with van der Waals surface area (Å²) in [6.07, 6.45) is 2.85. The summed E-state index contributed by atoms with van der Waals surface area (Å²) in [5, 5.41) is 12.3. The Morgan fingerprint density at radius 2 is 2.04 bits per heavy atom. The van der Waals surface area contributed by atoms with E-state index in [-0.39, 0.29) is 30.9 Å². The molecule has 3 rings (SSSR count). The average Bonchev–Trinajstić information content (AvgIpc) is 3.01. The van der Waals surface area contributed by atoms with Crippen LogP contribution in [0.4, 0.5) is 23.1 Å².